The van der Waals surface area contributed by atoms with Crippen LogP contribution < -0.4 is 19.5 Å². The molecule has 0 aliphatic heterocycles. The summed E-state index contributed by atoms with van der Waals surface area (Å²) >= 11 is 0. The lowest BCUT2D eigenvalue weighted by atomic mass is 10.1. The molecule has 0 saturated heterocycles. The van der Waals surface area contributed by atoms with Crippen molar-refractivity contribution in [3.05, 3.63) is 77.4 Å². The number of benzene rings is 3. The van der Waals surface area contributed by atoms with E-state index in [-0.39, 0.29) is 10.8 Å². The minimum Gasteiger partial charge on any atom is -0.495 e. The molecule has 34 heavy (non-hydrogen) atoms. The molecule has 3 rings (SSSR count). The van der Waals surface area contributed by atoms with Gasteiger partial charge in [-0.2, -0.15) is 0 Å². The Morgan fingerprint density at radius 1 is 0.941 bits per heavy atom. The van der Waals surface area contributed by atoms with Crippen LogP contribution in [-0.2, 0) is 14.8 Å². The summed E-state index contributed by atoms with van der Waals surface area (Å²) in [4.78, 5) is 12.8. The Balaban J connectivity index is 1.70. The summed E-state index contributed by atoms with van der Waals surface area (Å²) in [7, 11) is -2.37. The van der Waals surface area contributed by atoms with Crippen molar-refractivity contribution in [2.75, 3.05) is 17.1 Å². The number of rotatable bonds is 9. The lowest BCUT2D eigenvalue weighted by Crippen LogP contribution is -2.32. The molecule has 0 heterocycles. The molecule has 0 spiro atoms. The lowest BCUT2D eigenvalue weighted by molar-refractivity contribution is -0.122. The summed E-state index contributed by atoms with van der Waals surface area (Å²) in [6.45, 7) is 7.73. The number of sulfonamides is 1. The maximum atomic E-state index is 12.8. The largest absolute Gasteiger partial charge is 0.495 e. The minimum absolute atomic E-state index is 0.0625. The van der Waals surface area contributed by atoms with Crippen LogP contribution >= 0.6 is 0 Å². The molecule has 0 saturated carbocycles. The summed E-state index contributed by atoms with van der Waals surface area (Å²) < 4.78 is 39.4. The van der Waals surface area contributed by atoms with E-state index in [1.807, 2.05) is 52.0 Å². The molecule has 0 unspecified atom stereocenters. The maximum Gasteiger partial charge on any atom is 0.265 e. The van der Waals surface area contributed by atoms with Gasteiger partial charge in [-0.25, -0.2) is 8.42 Å². The van der Waals surface area contributed by atoms with Crippen molar-refractivity contribution in [1.82, 2.24) is 0 Å². The second-order valence-electron chi connectivity index (χ2n) is 8.08. The molecule has 180 valence electrons. The monoisotopic (exact) mass is 482 g/mol. The Bertz CT molecular complexity index is 1270. The van der Waals surface area contributed by atoms with Gasteiger partial charge in [0.05, 0.1) is 17.7 Å². The number of ether oxygens (including phenoxy) is 2. The van der Waals surface area contributed by atoms with Gasteiger partial charge in [-0.3, -0.25) is 9.52 Å². The van der Waals surface area contributed by atoms with Crippen LogP contribution in [0.2, 0.25) is 0 Å². The zero-order valence-electron chi connectivity index (χ0n) is 20.0. The Morgan fingerprint density at radius 2 is 1.65 bits per heavy atom. The lowest BCUT2D eigenvalue weighted by Gasteiger charge is -2.18. The summed E-state index contributed by atoms with van der Waals surface area (Å²) in [5.41, 5.74) is 3.95. The number of hydrogen-bond acceptors (Lipinski definition) is 5. The average molecular weight is 483 g/mol. The Kier molecular flexibility index (Phi) is 7.83. The fourth-order valence-electron chi connectivity index (χ4n) is 3.32. The molecular formula is C26H30N2O5S. The number of amides is 1. The molecule has 0 aliphatic carbocycles. The van der Waals surface area contributed by atoms with E-state index in [1.54, 1.807) is 24.3 Å². The van der Waals surface area contributed by atoms with E-state index < -0.39 is 16.1 Å². The fourth-order valence-corrected chi connectivity index (χ4v) is 4.38. The Labute approximate surface area is 201 Å². The third-order valence-electron chi connectivity index (χ3n) is 5.45. The van der Waals surface area contributed by atoms with Crippen LogP contribution in [-0.4, -0.2) is 27.5 Å². The third kappa shape index (κ3) is 6.08. The summed E-state index contributed by atoms with van der Waals surface area (Å²) in [5.74, 6) is 0.746. The molecule has 0 aliphatic rings. The molecule has 7 nitrogen and oxygen atoms in total. The highest BCUT2D eigenvalue weighted by Gasteiger charge is 2.20. The Hall–Kier alpha value is -3.52. The second kappa shape index (κ2) is 10.6. The number of aryl methyl sites for hydroxylation is 3. The van der Waals surface area contributed by atoms with Crippen LogP contribution in [0.25, 0.3) is 0 Å². The SMILES string of the molecule is CC[C@@H](Oc1ccc(C)c(C)c1)C(=O)Nc1ccc(S(=O)(=O)Nc2cc(C)ccc2OC)cc1. The first kappa shape index (κ1) is 25.1. The zero-order valence-corrected chi connectivity index (χ0v) is 20.8. The second-order valence-corrected chi connectivity index (χ2v) is 9.77. The van der Waals surface area contributed by atoms with Gasteiger partial charge in [0.15, 0.2) is 6.10 Å². The van der Waals surface area contributed by atoms with Crippen LogP contribution in [0, 0.1) is 20.8 Å². The first-order valence-electron chi connectivity index (χ1n) is 10.9. The highest BCUT2D eigenvalue weighted by Crippen LogP contribution is 2.28. The first-order chi connectivity index (χ1) is 16.1. The van der Waals surface area contributed by atoms with Crippen molar-refractivity contribution in [3.63, 3.8) is 0 Å². The highest BCUT2D eigenvalue weighted by atomic mass is 32.2. The van der Waals surface area contributed by atoms with E-state index in [0.717, 1.165) is 16.7 Å². The molecule has 0 bridgehead atoms. The number of methoxy groups -OCH3 is 1. The molecular weight excluding hydrogens is 452 g/mol. The molecule has 8 heteroatoms. The smallest absolute Gasteiger partial charge is 0.265 e. The number of hydrogen-bond donors (Lipinski definition) is 2. The molecule has 0 fully saturated rings. The zero-order chi connectivity index (χ0) is 24.9. The molecule has 0 radical (unpaired) electrons. The maximum absolute atomic E-state index is 12.8. The van der Waals surface area contributed by atoms with Crippen molar-refractivity contribution in [2.24, 2.45) is 0 Å². The van der Waals surface area contributed by atoms with Crippen LogP contribution in [0.1, 0.15) is 30.0 Å². The van der Waals surface area contributed by atoms with Crippen molar-refractivity contribution >= 4 is 27.3 Å². The third-order valence-corrected chi connectivity index (χ3v) is 6.83. The van der Waals surface area contributed by atoms with E-state index in [4.69, 9.17) is 9.47 Å². The van der Waals surface area contributed by atoms with Crippen molar-refractivity contribution < 1.29 is 22.7 Å². The van der Waals surface area contributed by atoms with Gasteiger partial charge in [0, 0.05) is 5.69 Å². The predicted molar refractivity (Wildman–Crippen MR) is 134 cm³/mol. The van der Waals surface area contributed by atoms with E-state index in [9.17, 15) is 13.2 Å². The van der Waals surface area contributed by atoms with E-state index >= 15 is 0 Å². The van der Waals surface area contributed by atoms with E-state index in [2.05, 4.69) is 10.0 Å². The normalized spacial score (nSPS) is 12.0. The molecule has 0 aromatic heterocycles. The van der Waals surface area contributed by atoms with Crippen molar-refractivity contribution in [2.45, 2.75) is 45.1 Å². The van der Waals surface area contributed by atoms with Crippen molar-refractivity contribution in [1.29, 1.82) is 0 Å². The molecule has 2 N–H and O–H groups in total. The molecule has 3 aromatic rings. The predicted octanol–water partition coefficient (Wildman–Crippen LogP) is 5.22. The van der Waals surface area contributed by atoms with Gasteiger partial charge in [0.1, 0.15) is 11.5 Å². The summed E-state index contributed by atoms with van der Waals surface area (Å²) in [6, 6.07) is 16.9. The number of carbonyl (C=O) groups is 1. The standard InChI is InChI=1S/C26H30N2O5S/c1-6-24(33-21-11-8-18(3)19(4)16-21)26(29)27-20-9-12-22(13-10-20)34(30,31)28-23-15-17(2)7-14-25(23)32-5/h7-16,24,28H,6H2,1-5H3,(H,27,29)/t24-/m1/s1. The number of carbonyl (C=O) groups excluding carboxylic acids is 1. The van der Waals surface area contributed by atoms with Crippen LogP contribution in [0.5, 0.6) is 11.5 Å². The van der Waals surface area contributed by atoms with Gasteiger partial charge >= 0.3 is 0 Å². The van der Waals surface area contributed by atoms with Crippen LogP contribution in [0.15, 0.2) is 65.6 Å². The highest BCUT2D eigenvalue weighted by molar-refractivity contribution is 7.92. The first-order valence-corrected chi connectivity index (χ1v) is 12.4. The van der Waals surface area contributed by atoms with Gasteiger partial charge in [-0.15, -0.1) is 0 Å². The molecule has 1 atom stereocenters. The quantitative estimate of drug-likeness (QED) is 0.436. The van der Waals surface area contributed by atoms with Gasteiger partial charge in [0.2, 0.25) is 0 Å². The average Bonchev–Trinajstić information content (AvgIpc) is 2.80. The number of anilines is 2. The summed E-state index contributed by atoms with van der Waals surface area (Å²) in [6.07, 6.45) is -0.200. The van der Waals surface area contributed by atoms with Gasteiger partial charge < -0.3 is 14.8 Å². The molecule has 3 aromatic carbocycles. The van der Waals surface area contributed by atoms with E-state index in [1.165, 1.54) is 19.2 Å². The number of nitrogens with one attached hydrogen (secondary N) is 2. The van der Waals surface area contributed by atoms with Gasteiger partial charge in [-0.1, -0.05) is 19.1 Å². The molecule has 1 amide bonds. The van der Waals surface area contributed by atoms with Crippen LogP contribution in [0.3, 0.4) is 0 Å². The van der Waals surface area contributed by atoms with Crippen molar-refractivity contribution in [3.8, 4) is 11.5 Å². The topological polar surface area (TPSA) is 93.7 Å². The Morgan fingerprint density at radius 3 is 2.26 bits per heavy atom. The van der Waals surface area contributed by atoms with Gasteiger partial charge in [0.25, 0.3) is 15.9 Å². The van der Waals surface area contributed by atoms with Gasteiger partial charge in [-0.05, 0) is 92.4 Å². The summed E-state index contributed by atoms with van der Waals surface area (Å²) in [5, 5.41) is 2.79. The minimum atomic E-state index is -3.84. The fraction of sp³-hybridized carbons (Fsp3) is 0.269. The van der Waals surface area contributed by atoms with Crippen LogP contribution in [0.4, 0.5) is 11.4 Å². The van der Waals surface area contributed by atoms with E-state index in [0.29, 0.717) is 29.3 Å².